The van der Waals surface area contributed by atoms with E-state index in [1.165, 1.54) is 42.1 Å². The molecule has 0 saturated heterocycles. The standard InChI is InChI=1S/C55H35N3OS/c1-2-13-41-35(11-1)12-9-16-42(41)36-22-24-37(25-23-36)54(48-19-7-8-30-56-48)57-34-58-49-29-28-38(43-17-10-18-46-44-14-3-5-20-51(44)59-55(43)46)31-39(49)26-27-40-32-53-47(33-50(40)58)45-15-4-6-21-52(45)60-53/h1-34,56H/b54-48-,57-34?. The van der Waals surface area contributed by atoms with Gasteiger partial charge in [-0.2, -0.15) is 0 Å². The smallest absolute Gasteiger partial charge is 0.143 e. The van der Waals surface area contributed by atoms with Crippen LogP contribution in [-0.4, -0.2) is 6.34 Å². The van der Waals surface area contributed by atoms with Gasteiger partial charge < -0.3 is 9.73 Å². The van der Waals surface area contributed by atoms with Gasteiger partial charge in [-0.1, -0.05) is 146 Å². The molecule has 0 bridgehead atoms. The highest BCUT2D eigenvalue weighted by molar-refractivity contribution is 7.25. The van der Waals surface area contributed by atoms with Crippen LogP contribution in [0.4, 0.5) is 11.4 Å². The van der Waals surface area contributed by atoms with Gasteiger partial charge in [-0.25, -0.2) is 4.99 Å². The SMILES string of the molecule is C1=CN/C(=C(\N=CN2c3ccc(-c4cccc5c4oc4ccccc45)cc3C=Cc3cc4sc5ccccc5c4cc32)c2ccc(-c3cccc4ccccc34)cc2)C=C1. The summed E-state index contributed by atoms with van der Waals surface area (Å²) >= 11 is 1.84. The second kappa shape index (κ2) is 14.0. The number of dihydropyridines is 1. The molecule has 0 amide bonds. The van der Waals surface area contributed by atoms with E-state index in [1.807, 2.05) is 42.1 Å². The predicted octanol–water partition coefficient (Wildman–Crippen LogP) is 15.1. The van der Waals surface area contributed by atoms with Gasteiger partial charge >= 0.3 is 0 Å². The molecule has 0 spiro atoms. The second-order valence-electron chi connectivity index (χ2n) is 15.2. The van der Waals surface area contributed by atoms with Crippen LogP contribution in [0.3, 0.4) is 0 Å². The van der Waals surface area contributed by atoms with Crippen molar-refractivity contribution in [1.29, 1.82) is 0 Å². The molecule has 282 valence electrons. The zero-order chi connectivity index (χ0) is 39.6. The average Bonchev–Trinajstić information content (AvgIpc) is 3.83. The van der Waals surface area contributed by atoms with Crippen LogP contribution in [0.5, 0.6) is 0 Å². The molecule has 0 aliphatic carbocycles. The number of allylic oxidation sites excluding steroid dienone is 3. The molecule has 0 fully saturated rings. The fourth-order valence-corrected chi connectivity index (χ4v) is 9.98. The number of nitrogens with one attached hydrogen (secondary N) is 1. The zero-order valence-electron chi connectivity index (χ0n) is 32.3. The van der Waals surface area contributed by atoms with E-state index in [9.17, 15) is 0 Å². The normalized spacial score (nSPS) is 14.4. The van der Waals surface area contributed by atoms with Gasteiger partial charge in [0.05, 0.1) is 22.8 Å². The maximum absolute atomic E-state index is 6.50. The summed E-state index contributed by atoms with van der Waals surface area (Å²) < 4.78 is 9.04. The Bertz CT molecular complexity index is 3520. The molecule has 12 rings (SSSR count). The Morgan fingerprint density at radius 2 is 1.28 bits per heavy atom. The lowest BCUT2D eigenvalue weighted by Crippen LogP contribution is -2.17. The number of anilines is 2. The number of thiophene rings is 1. The van der Waals surface area contributed by atoms with Crippen molar-refractivity contribution in [2.24, 2.45) is 4.99 Å². The van der Waals surface area contributed by atoms with Crippen molar-refractivity contribution in [1.82, 2.24) is 5.32 Å². The predicted molar refractivity (Wildman–Crippen MR) is 256 cm³/mol. The molecule has 0 radical (unpaired) electrons. The van der Waals surface area contributed by atoms with Crippen LogP contribution in [0.25, 0.3) is 93.0 Å². The Hall–Kier alpha value is -7.73. The van der Waals surface area contributed by atoms with Gasteiger partial charge in [0.25, 0.3) is 0 Å². The highest BCUT2D eigenvalue weighted by atomic mass is 32.1. The lowest BCUT2D eigenvalue weighted by Gasteiger charge is -2.23. The van der Waals surface area contributed by atoms with Crippen LogP contribution in [0.1, 0.15) is 16.7 Å². The number of furan rings is 1. The number of aliphatic imine (C=N–C) groups is 1. The number of rotatable bonds is 5. The Morgan fingerprint density at radius 3 is 2.17 bits per heavy atom. The van der Waals surface area contributed by atoms with E-state index in [4.69, 9.17) is 9.41 Å². The summed E-state index contributed by atoms with van der Waals surface area (Å²) in [7, 11) is 0. The molecule has 4 heterocycles. The van der Waals surface area contributed by atoms with Crippen molar-refractivity contribution in [3.05, 3.63) is 211 Å². The summed E-state index contributed by atoms with van der Waals surface area (Å²) in [5.41, 5.74) is 13.4. The molecular weight excluding hydrogens is 751 g/mol. The topological polar surface area (TPSA) is 40.8 Å². The first kappa shape index (κ1) is 34.3. The van der Waals surface area contributed by atoms with E-state index < -0.39 is 0 Å². The van der Waals surface area contributed by atoms with Crippen molar-refractivity contribution >= 4 is 99.8 Å². The van der Waals surface area contributed by atoms with E-state index in [1.54, 1.807) is 0 Å². The number of nitrogens with zero attached hydrogens (tertiary/aromatic N) is 2. The largest absolute Gasteiger partial charge is 0.455 e. The second-order valence-corrected chi connectivity index (χ2v) is 16.3. The molecule has 2 aliphatic heterocycles. The maximum atomic E-state index is 6.50. The highest BCUT2D eigenvalue weighted by Gasteiger charge is 2.22. The van der Waals surface area contributed by atoms with Gasteiger partial charge in [-0.15, -0.1) is 11.3 Å². The lowest BCUT2D eigenvalue weighted by atomic mass is 9.97. The molecular formula is C55H35N3OS. The van der Waals surface area contributed by atoms with Crippen LogP contribution in [-0.2, 0) is 0 Å². The highest BCUT2D eigenvalue weighted by Crippen LogP contribution is 2.44. The Balaban J connectivity index is 1.01. The van der Waals surface area contributed by atoms with E-state index in [-0.39, 0.29) is 0 Å². The van der Waals surface area contributed by atoms with Crippen molar-refractivity contribution in [2.75, 3.05) is 4.90 Å². The van der Waals surface area contributed by atoms with Gasteiger partial charge in [0.2, 0.25) is 0 Å². The van der Waals surface area contributed by atoms with Crippen LogP contribution in [0, 0.1) is 0 Å². The number of benzene rings is 8. The van der Waals surface area contributed by atoms with Crippen molar-refractivity contribution in [2.45, 2.75) is 0 Å². The molecule has 10 aromatic rings. The number of hydrogen-bond donors (Lipinski definition) is 1. The first-order chi connectivity index (χ1) is 29.7. The lowest BCUT2D eigenvalue weighted by molar-refractivity contribution is 0.670. The van der Waals surface area contributed by atoms with Crippen molar-refractivity contribution in [3.8, 4) is 22.3 Å². The third-order valence-electron chi connectivity index (χ3n) is 11.8. The van der Waals surface area contributed by atoms with Crippen molar-refractivity contribution in [3.63, 3.8) is 0 Å². The van der Waals surface area contributed by atoms with Crippen LogP contribution < -0.4 is 10.2 Å². The third kappa shape index (κ3) is 5.70. The minimum atomic E-state index is 0.843. The Labute approximate surface area is 350 Å². The molecule has 2 aromatic heterocycles. The third-order valence-corrected chi connectivity index (χ3v) is 12.9. The van der Waals surface area contributed by atoms with E-state index >= 15 is 0 Å². The summed E-state index contributed by atoms with van der Waals surface area (Å²) in [6.07, 6.45) is 14.6. The Kier molecular flexibility index (Phi) is 8.00. The minimum Gasteiger partial charge on any atom is -0.455 e. The molecule has 2 aliphatic rings. The zero-order valence-corrected chi connectivity index (χ0v) is 33.2. The molecule has 0 atom stereocenters. The molecule has 0 saturated carbocycles. The molecule has 8 aromatic carbocycles. The molecule has 1 N–H and O–H groups in total. The van der Waals surface area contributed by atoms with Crippen LogP contribution in [0.2, 0.25) is 0 Å². The molecule has 0 unspecified atom stereocenters. The van der Waals surface area contributed by atoms with Crippen LogP contribution in [0.15, 0.2) is 203 Å². The average molecular weight is 786 g/mol. The van der Waals surface area contributed by atoms with Gasteiger partial charge in [0.15, 0.2) is 0 Å². The van der Waals surface area contributed by atoms with Gasteiger partial charge in [0, 0.05) is 53.8 Å². The quantitative estimate of drug-likeness (QED) is 0.140. The van der Waals surface area contributed by atoms with E-state index in [0.717, 1.165) is 72.5 Å². The summed E-state index contributed by atoms with van der Waals surface area (Å²) in [5, 5.41) is 10.7. The summed E-state index contributed by atoms with van der Waals surface area (Å²) in [6, 6.07) is 58.6. The monoisotopic (exact) mass is 785 g/mol. The minimum absolute atomic E-state index is 0.843. The number of para-hydroxylation sites is 2. The molecule has 4 nitrogen and oxygen atoms in total. The van der Waals surface area contributed by atoms with Gasteiger partial charge in [-0.3, -0.25) is 4.90 Å². The summed E-state index contributed by atoms with van der Waals surface area (Å²) in [4.78, 5) is 7.66. The fourth-order valence-electron chi connectivity index (χ4n) is 8.84. The summed E-state index contributed by atoms with van der Waals surface area (Å²) in [5.74, 6) is 0. The first-order valence-corrected chi connectivity index (χ1v) is 21.0. The van der Waals surface area contributed by atoms with E-state index in [2.05, 4.69) is 186 Å². The number of fused-ring (bicyclic) bond motifs is 9. The van der Waals surface area contributed by atoms with Gasteiger partial charge in [-0.05, 0) is 81.6 Å². The van der Waals surface area contributed by atoms with Crippen LogP contribution >= 0.6 is 11.3 Å². The maximum Gasteiger partial charge on any atom is 0.143 e. The number of hydrogen-bond acceptors (Lipinski definition) is 4. The Morgan fingerprint density at radius 1 is 0.550 bits per heavy atom. The fraction of sp³-hybridized carbons (Fsp3) is 0. The first-order valence-electron chi connectivity index (χ1n) is 20.2. The summed E-state index contributed by atoms with van der Waals surface area (Å²) in [6.45, 7) is 0. The molecule has 5 heteroatoms. The molecule has 60 heavy (non-hydrogen) atoms. The van der Waals surface area contributed by atoms with Gasteiger partial charge in [0.1, 0.15) is 17.5 Å². The van der Waals surface area contributed by atoms with E-state index in [0.29, 0.717) is 0 Å². The van der Waals surface area contributed by atoms with Crippen molar-refractivity contribution < 1.29 is 4.42 Å².